The topological polar surface area (TPSA) is 41.4 Å². The monoisotopic (exact) mass is 368 g/mol. The first kappa shape index (κ1) is 16.2. The molecular weight excluding hydrogens is 350 g/mol. The first-order chi connectivity index (χ1) is 12.3. The lowest BCUT2D eigenvalue weighted by atomic mass is 10.2. The van der Waals surface area contributed by atoms with Crippen molar-refractivity contribution >= 4 is 38.0 Å². The van der Waals surface area contributed by atoms with E-state index in [0.717, 1.165) is 21.1 Å². The van der Waals surface area contributed by atoms with Gasteiger partial charge in [-0.25, -0.2) is 4.57 Å². The van der Waals surface area contributed by atoms with Crippen LogP contribution in [0.4, 0.5) is 5.13 Å². The van der Waals surface area contributed by atoms with Crippen molar-refractivity contribution in [2.45, 2.75) is 6.54 Å². The van der Waals surface area contributed by atoms with Gasteiger partial charge in [0.2, 0.25) is 0 Å². The van der Waals surface area contributed by atoms with Crippen LogP contribution in [-0.2, 0) is 13.6 Å². The number of thiazole rings is 2. The van der Waals surface area contributed by atoms with Crippen LogP contribution in [-0.4, -0.2) is 16.3 Å². The number of benzene rings is 2. The average Bonchev–Trinajstić information content (AvgIpc) is 3.18. The number of para-hydroxylation sites is 1. The van der Waals surface area contributed by atoms with Gasteiger partial charge in [-0.1, -0.05) is 53.8 Å². The van der Waals surface area contributed by atoms with Crippen LogP contribution in [0.5, 0.6) is 0 Å². The molecule has 0 spiro atoms. The predicted molar refractivity (Wildman–Crippen MR) is 103 cm³/mol. The van der Waals surface area contributed by atoms with E-state index in [1.54, 1.807) is 22.7 Å². The SMILES string of the molecule is Cn1c(-c2ccccc2)csc1=Nc1sc2ccccc2[n+]1CCO. The lowest BCUT2D eigenvalue weighted by molar-refractivity contribution is -0.656. The maximum absolute atomic E-state index is 9.43. The van der Waals surface area contributed by atoms with Crippen molar-refractivity contribution in [3.05, 3.63) is 64.8 Å². The van der Waals surface area contributed by atoms with Crippen LogP contribution in [0.25, 0.3) is 21.5 Å². The molecule has 1 N–H and O–H groups in total. The molecule has 6 heteroatoms. The van der Waals surface area contributed by atoms with E-state index < -0.39 is 0 Å². The van der Waals surface area contributed by atoms with E-state index in [1.165, 1.54) is 10.3 Å². The smallest absolute Gasteiger partial charge is 0.386 e. The largest absolute Gasteiger partial charge is 0.392 e. The highest BCUT2D eigenvalue weighted by Crippen LogP contribution is 2.26. The molecule has 0 unspecified atom stereocenters. The number of fused-ring (bicyclic) bond motifs is 1. The van der Waals surface area contributed by atoms with Crippen LogP contribution >= 0.6 is 22.7 Å². The zero-order chi connectivity index (χ0) is 17.2. The Kier molecular flexibility index (Phi) is 4.48. The van der Waals surface area contributed by atoms with Crippen LogP contribution in [0.1, 0.15) is 0 Å². The second-order valence-corrected chi connectivity index (χ2v) is 7.51. The molecule has 0 bridgehead atoms. The van der Waals surface area contributed by atoms with Gasteiger partial charge in [0.25, 0.3) is 0 Å². The Morgan fingerprint density at radius 2 is 1.84 bits per heavy atom. The van der Waals surface area contributed by atoms with E-state index in [1.807, 2.05) is 37.4 Å². The summed E-state index contributed by atoms with van der Waals surface area (Å²) in [5.41, 5.74) is 3.45. The number of hydrogen-bond donors (Lipinski definition) is 1. The Morgan fingerprint density at radius 1 is 1.08 bits per heavy atom. The van der Waals surface area contributed by atoms with Crippen molar-refractivity contribution in [1.29, 1.82) is 0 Å². The normalized spacial score (nSPS) is 12.2. The highest BCUT2D eigenvalue weighted by Gasteiger charge is 2.19. The fourth-order valence-corrected chi connectivity index (χ4v) is 4.87. The Labute approximate surface area is 153 Å². The molecular formula is C19H18N3OS2+. The molecule has 0 aliphatic rings. The lowest BCUT2D eigenvalue weighted by Crippen LogP contribution is -2.34. The molecule has 4 aromatic rings. The van der Waals surface area contributed by atoms with Gasteiger partial charge in [-0.15, -0.1) is 0 Å². The van der Waals surface area contributed by atoms with Crippen molar-refractivity contribution in [3.63, 3.8) is 0 Å². The number of aliphatic hydroxyl groups excluding tert-OH is 1. The van der Waals surface area contributed by atoms with Gasteiger partial charge < -0.3 is 5.11 Å². The summed E-state index contributed by atoms with van der Waals surface area (Å²) in [6, 6.07) is 18.6. The third-order valence-corrected chi connectivity index (χ3v) is 6.07. The van der Waals surface area contributed by atoms with E-state index in [-0.39, 0.29) is 6.61 Å². The van der Waals surface area contributed by atoms with Crippen molar-refractivity contribution in [3.8, 4) is 11.3 Å². The number of aliphatic hydroxyl groups is 1. The van der Waals surface area contributed by atoms with Gasteiger partial charge in [-0.3, -0.25) is 4.57 Å². The Balaban J connectivity index is 1.86. The van der Waals surface area contributed by atoms with E-state index in [4.69, 9.17) is 4.99 Å². The maximum Gasteiger partial charge on any atom is 0.386 e. The average molecular weight is 369 g/mol. The van der Waals surface area contributed by atoms with Gasteiger partial charge in [-0.05, 0) is 29.0 Å². The molecule has 25 heavy (non-hydrogen) atoms. The molecule has 0 amide bonds. The Bertz CT molecular complexity index is 1080. The number of hydrogen-bond acceptors (Lipinski definition) is 4. The second-order valence-electron chi connectivity index (χ2n) is 5.67. The van der Waals surface area contributed by atoms with Crippen LogP contribution in [0.2, 0.25) is 0 Å². The molecule has 0 fully saturated rings. The van der Waals surface area contributed by atoms with Gasteiger partial charge in [0.05, 0.1) is 17.0 Å². The molecule has 0 saturated carbocycles. The van der Waals surface area contributed by atoms with E-state index in [2.05, 4.69) is 38.8 Å². The molecule has 4 rings (SSSR count). The molecule has 0 aliphatic carbocycles. The number of nitrogens with zero attached hydrogens (tertiary/aromatic N) is 3. The number of rotatable bonds is 4. The summed E-state index contributed by atoms with van der Waals surface area (Å²) in [6.45, 7) is 0.642. The fourth-order valence-electron chi connectivity index (χ4n) is 2.85. The molecule has 126 valence electrons. The first-order valence-electron chi connectivity index (χ1n) is 8.05. The molecule has 0 radical (unpaired) electrons. The van der Waals surface area contributed by atoms with Crippen LogP contribution in [0.3, 0.4) is 0 Å². The predicted octanol–water partition coefficient (Wildman–Crippen LogP) is 3.48. The van der Waals surface area contributed by atoms with Crippen LogP contribution in [0.15, 0.2) is 65.0 Å². The minimum atomic E-state index is 0.0970. The van der Waals surface area contributed by atoms with E-state index in [0.29, 0.717) is 6.54 Å². The first-order valence-corrected chi connectivity index (χ1v) is 9.74. The van der Waals surface area contributed by atoms with E-state index in [9.17, 15) is 5.11 Å². The summed E-state index contributed by atoms with van der Waals surface area (Å²) in [5.74, 6) is 0. The summed E-state index contributed by atoms with van der Waals surface area (Å²) < 4.78 is 5.38. The molecule has 0 atom stereocenters. The van der Waals surface area contributed by atoms with Gasteiger partial charge in [0.15, 0.2) is 0 Å². The Morgan fingerprint density at radius 3 is 2.64 bits per heavy atom. The van der Waals surface area contributed by atoms with Gasteiger partial charge in [0, 0.05) is 17.4 Å². The van der Waals surface area contributed by atoms with Crippen molar-refractivity contribution in [2.24, 2.45) is 12.0 Å². The standard InChI is InChI=1S/C19H18N3OS2/c1-21-16(14-7-3-2-4-8-14)13-24-18(21)20-19-22(11-12-23)15-9-5-6-10-17(15)25-19/h2-10,13,23H,11-12H2,1H3/q+1. The van der Waals surface area contributed by atoms with Gasteiger partial charge >= 0.3 is 9.93 Å². The summed E-state index contributed by atoms with van der Waals surface area (Å²) in [4.78, 5) is 5.84. The third kappa shape index (κ3) is 3.04. The van der Waals surface area contributed by atoms with Crippen molar-refractivity contribution in [2.75, 3.05) is 6.61 Å². The highest BCUT2D eigenvalue weighted by atomic mass is 32.1. The van der Waals surface area contributed by atoms with Gasteiger partial charge in [-0.2, -0.15) is 0 Å². The van der Waals surface area contributed by atoms with E-state index >= 15 is 0 Å². The molecule has 0 saturated heterocycles. The zero-order valence-electron chi connectivity index (χ0n) is 13.8. The quantitative estimate of drug-likeness (QED) is 0.551. The molecule has 4 nitrogen and oxygen atoms in total. The van der Waals surface area contributed by atoms with Crippen LogP contribution in [0, 0.1) is 0 Å². The van der Waals surface area contributed by atoms with Gasteiger partial charge in [0.1, 0.15) is 12.1 Å². The lowest BCUT2D eigenvalue weighted by Gasteiger charge is -2.00. The fraction of sp³-hybridized carbons (Fsp3) is 0.158. The maximum atomic E-state index is 9.43. The summed E-state index contributed by atoms with van der Waals surface area (Å²) in [7, 11) is 2.04. The second kappa shape index (κ2) is 6.92. The molecule has 2 heterocycles. The summed E-state index contributed by atoms with van der Waals surface area (Å²) >= 11 is 3.28. The number of aromatic nitrogens is 2. The van der Waals surface area contributed by atoms with Crippen molar-refractivity contribution < 1.29 is 9.67 Å². The highest BCUT2D eigenvalue weighted by molar-refractivity contribution is 7.21. The minimum absolute atomic E-state index is 0.0970. The van der Waals surface area contributed by atoms with Crippen LogP contribution < -0.4 is 9.37 Å². The summed E-state index contributed by atoms with van der Waals surface area (Å²) in [6.07, 6.45) is 0. The molecule has 0 aliphatic heterocycles. The third-order valence-electron chi connectivity index (χ3n) is 4.10. The Hall–Kier alpha value is -2.28. The van der Waals surface area contributed by atoms with Crippen molar-refractivity contribution in [1.82, 2.24) is 4.57 Å². The summed E-state index contributed by atoms with van der Waals surface area (Å²) in [5, 5.41) is 12.5. The molecule has 2 aromatic heterocycles. The zero-order valence-corrected chi connectivity index (χ0v) is 15.4. The molecule has 2 aromatic carbocycles. The minimum Gasteiger partial charge on any atom is -0.392 e.